The third-order valence-electron chi connectivity index (χ3n) is 5.33. The number of anilines is 1. The number of benzene rings is 1. The predicted molar refractivity (Wildman–Crippen MR) is 98.0 cm³/mol. The topological polar surface area (TPSA) is 78.9 Å². The third-order valence-corrected chi connectivity index (χ3v) is 5.33. The van der Waals surface area contributed by atoms with Crippen molar-refractivity contribution < 1.29 is 0 Å². The van der Waals surface area contributed by atoms with Crippen molar-refractivity contribution in [3.05, 3.63) is 29.6 Å². The normalized spacial score (nSPS) is 24.8. The Kier molecular flexibility index (Phi) is 3.96. The molecule has 0 radical (unpaired) electrons. The first-order valence-corrected chi connectivity index (χ1v) is 8.95. The summed E-state index contributed by atoms with van der Waals surface area (Å²) in [5, 5.41) is 8.97. The van der Waals surface area contributed by atoms with Gasteiger partial charge in [0, 0.05) is 36.1 Å². The molecule has 1 aliphatic carbocycles. The van der Waals surface area contributed by atoms with Crippen LogP contribution in [0.3, 0.4) is 0 Å². The van der Waals surface area contributed by atoms with Crippen LogP contribution in [0.25, 0.3) is 10.9 Å². The summed E-state index contributed by atoms with van der Waals surface area (Å²) < 4.78 is 0. The number of aryl methyl sites for hydroxylation is 1. The molecule has 1 atom stereocenters. The molecule has 0 unspecified atom stereocenters. The summed E-state index contributed by atoms with van der Waals surface area (Å²) in [6, 6.07) is 6.66. The van der Waals surface area contributed by atoms with E-state index >= 15 is 0 Å². The number of hydrogen-bond donors (Lipinski definition) is 2. The van der Waals surface area contributed by atoms with Crippen LogP contribution < -0.4 is 10.6 Å². The summed E-state index contributed by atoms with van der Waals surface area (Å²) in [4.78, 5) is 12.2. The van der Waals surface area contributed by atoms with Gasteiger partial charge in [-0.25, -0.2) is 9.97 Å². The van der Waals surface area contributed by atoms with Crippen LogP contribution in [0.2, 0.25) is 0 Å². The van der Waals surface area contributed by atoms with Crippen molar-refractivity contribution in [2.24, 2.45) is 5.73 Å². The maximum atomic E-state index is 7.83. The van der Waals surface area contributed by atoms with E-state index in [1.807, 2.05) is 0 Å². The van der Waals surface area contributed by atoms with Gasteiger partial charge in [0.05, 0.1) is 5.52 Å². The van der Waals surface area contributed by atoms with E-state index in [0.29, 0.717) is 5.92 Å². The number of rotatable bonds is 2. The molecule has 0 bridgehead atoms. The lowest BCUT2D eigenvalue weighted by molar-refractivity contribution is 0.538. The second-order valence-electron chi connectivity index (χ2n) is 7.30. The molecule has 0 spiro atoms. The van der Waals surface area contributed by atoms with Gasteiger partial charge >= 0.3 is 0 Å². The van der Waals surface area contributed by atoms with Crippen molar-refractivity contribution in [3.63, 3.8) is 0 Å². The highest BCUT2D eigenvalue weighted by Crippen LogP contribution is 2.34. The lowest BCUT2D eigenvalue weighted by atomic mass is 9.87. The molecular weight excluding hydrogens is 298 g/mol. The van der Waals surface area contributed by atoms with Gasteiger partial charge in [0.2, 0.25) is 0 Å². The van der Waals surface area contributed by atoms with Crippen molar-refractivity contribution in [2.45, 2.75) is 51.0 Å². The number of nitrogens with zero attached hydrogens (tertiary/aromatic N) is 3. The number of nitrogens with two attached hydrogens (primary N) is 1. The summed E-state index contributed by atoms with van der Waals surface area (Å²) >= 11 is 0. The van der Waals surface area contributed by atoms with Crippen LogP contribution in [0.5, 0.6) is 0 Å². The zero-order valence-corrected chi connectivity index (χ0v) is 14.3. The van der Waals surface area contributed by atoms with Crippen molar-refractivity contribution >= 4 is 22.4 Å². The van der Waals surface area contributed by atoms with E-state index < -0.39 is 0 Å². The minimum atomic E-state index is 0.235. The zero-order valence-electron chi connectivity index (χ0n) is 14.3. The van der Waals surface area contributed by atoms with Crippen molar-refractivity contribution in [1.29, 1.82) is 5.41 Å². The Morgan fingerprint density at radius 3 is 2.67 bits per heavy atom. The van der Waals surface area contributed by atoms with Gasteiger partial charge in [0.15, 0.2) is 0 Å². The Hall–Kier alpha value is -2.01. The number of hydrogen-bond acceptors (Lipinski definition) is 5. The molecule has 24 heavy (non-hydrogen) atoms. The van der Waals surface area contributed by atoms with E-state index in [1.54, 1.807) is 0 Å². The molecule has 1 aromatic carbocycles. The maximum Gasteiger partial charge on any atom is 0.140 e. The van der Waals surface area contributed by atoms with Crippen molar-refractivity contribution in [2.75, 3.05) is 18.0 Å². The first-order valence-electron chi connectivity index (χ1n) is 8.95. The van der Waals surface area contributed by atoms with Crippen LogP contribution >= 0.6 is 0 Å². The first-order chi connectivity index (χ1) is 11.6. The lowest BCUT2D eigenvalue weighted by Crippen LogP contribution is -2.27. The van der Waals surface area contributed by atoms with Crippen LogP contribution in [-0.4, -0.2) is 34.8 Å². The Balaban J connectivity index is 1.78. The molecule has 2 fully saturated rings. The Bertz CT molecular complexity index is 775. The van der Waals surface area contributed by atoms with E-state index in [9.17, 15) is 0 Å². The highest BCUT2D eigenvalue weighted by Gasteiger charge is 2.26. The van der Waals surface area contributed by atoms with Crippen LogP contribution in [0.4, 0.5) is 5.82 Å². The van der Waals surface area contributed by atoms with Crippen LogP contribution in [0.1, 0.15) is 49.4 Å². The van der Waals surface area contributed by atoms with Gasteiger partial charge in [-0.05, 0) is 51.2 Å². The molecule has 0 amide bonds. The van der Waals surface area contributed by atoms with E-state index in [1.165, 1.54) is 5.56 Å². The molecule has 2 aromatic rings. The monoisotopic (exact) mass is 323 g/mol. The summed E-state index contributed by atoms with van der Waals surface area (Å²) in [6.07, 6.45) is 4.77. The molecule has 4 rings (SSSR count). The van der Waals surface area contributed by atoms with E-state index in [-0.39, 0.29) is 6.04 Å². The zero-order chi connectivity index (χ0) is 16.7. The van der Waals surface area contributed by atoms with Crippen molar-refractivity contribution in [1.82, 2.24) is 9.97 Å². The maximum absolute atomic E-state index is 7.83. The molecule has 1 saturated carbocycles. The fourth-order valence-electron chi connectivity index (χ4n) is 3.87. The molecule has 126 valence electrons. The van der Waals surface area contributed by atoms with Gasteiger partial charge < -0.3 is 16.0 Å². The van der Waals surface area contributed by atoms with Gasteiger partial charge in [-0.15, -0.1) is 0 Å². The second-order valence-corrected chi connectivity index (χ2v) is 7.30. The van der Waals surface area contributed by atoms with E-state index in [0.717, 1.165) is 73.5 Å². The smallest absolute Gasteiger partial charge is 0.140 e. The number of aromatic nitrogens is 2. The van der Waals surface area contributed by atoms with Gasteiger partial charge in [0.25, 0.3) is 0 Å². The van der Waals surface area contributed by atoms with Gasteiger partial charge in [0.1, 0.15) is 11.6 Å². The van der Waals surface area contributed by atoms with Crippen molar-refractivity contribution in [3.8, 4) is 0 Å². The Morgan fingerprint density at radius 1 is 1.17 bits per heavy atom. The quantitative estimate of drug-likeness (QED) is 0.890. The number of nitrogens with one attached hydrogen (secondary N) is 1. The molecular formula is C19H25N5. The molecule has 2 aliphatic rings. The standard InChI is InChI=1S/C19H25N5/c1-12-2-7-17-16(10-12)19(24-9-8-15(21)11-24)23-18(22-17)13-3-5-14(20)6-4-13/h2,7,10,13,15,20H,3-6,8-9,11,21H2,1H3/t13?,15-/m1/s1. The van der Waals surface area contributed by atoms with Crippen LogP contribution in [0, 0.1) is 12.3 Å². The molecule has 2 heterocycles. The average molecular weight is 323 g/mol. The summed E-state index contributed by atoms with van der Waals surface area (Å²) in [5.74, 6) is 2.38. The predicted octanol–water partition coefficient (Wildman–Crippen LogP) is 3.15. The van der Waals surface area contributed by atoms with E-state index in [4.69, 9.17) is 21.1 Å². The number of fused-ring (bicyclic) bond motifs is 1. The second kappa shape index (κ2) is 6.13. The molecule has 3 N–H and O–H groups in total. The minimum absolute atomic E-state index is 0.235. The first kappa shape index (κ1) is 15.5. The lowest BCUT2D eigenvalue weighted by Gasteiger charge is -2.24. The van der Waals surface area contributed by atoms with Crippen LogP contribution in [0.15, 0.2) is 18.2 Å². The van der Waals surface area contributed by atoms with Crippen LogP contribution in [-0.2, 0) is 0 Å². The summed E-state index contributed by atoms with van der Waals surface area (Å²) in [5.41, 5.74) is 9.25. The Labute approximate surface area is 142 Å². The average Bonchev–Trinajstić information content (AvgIpc) is 3.01. The Morgan fingerprint density at radius 2 is 1.96 bits per heavy atom. The van der Waals surface area contributed by atoms with Gasteiger partial charge in [-0.1, -0.05) is 11.6 Å². The van der Waals surface area contributed by atoms with Gasteiger partial charge in [-0.2, -0.15) is 0 Å². The molecule has 1 aromatic heterocycles. The minimum Gasteiger partial charge on any atom is -0.354 e. The SMILES string of the molecule is Cc1ccc2nc(C3CCC(=N)CC3)nc(N3CC[C@@H](N)C3)c2c1. The summed E-state index contributed by atoms with van der Waals surface area (Å²) in [7, 11) is 0. The fourth-order valence-corrected chi connectivity index (χ4v) is 3.87. The third kappa shape index (κ3) is 2.88. The van der Waals surface area contributed by atoms with E-state index in [2.05, 4.69) is 30.0 Å². The van der Waals surface area contributed by atoms with Gasteiger partial charge in [-0.3, -0.25) is 0 Å². The molecule has 5 heteroatoms. The molecule has 1 aliphatic heterocycles. The summed E-state index contributed by atoms with van der Waals surface area (Å²) in [6.45, 7) is 3.95. The fraction of sp³-hybridized carbons (Fsp3) is 0.526. The highest BCUT2D eigenvalue weighted by atomic mass is 15.2. The molecule has 5 nitrogen and oxygen atoms in total. The molecule has 1 saturated heterocycles. The highest BCUT2D eigenvalue weighted by molar-refractivity contribution is 5.90. The largest absolute Gasteiger partial charge is 0.354 e.